The molecule has 1 aromatic carbocycles. The maximum absolute atomic E-state index is 11.9. The highest BCUT2D eigenvalue weighted by atomic mass is 19.1. The third-order valence-electron chi connectivity index (χ3n) is 2.28. The van der Waals surface area contributed by atoms with Crippen LogP contribution in [0.4, 0.5) is 4.39 Å². The summed E-state index contributed by atoms with van der Waals surface area (Å²) in [5, 5.41) is 12.9. The number of rotatable bonds is 7. The van der Waals surface area contributed by atoms with E-state index in [0.717, 1.165) is 5.56 Å². The van der Waals surface area contributed by atoms with Crippen molar-refractivity contribution in [1.29, 1.82) is 0 Å². The van der Waals surface area contributed by atoms with Gasteiger partial charge in [0.1, 0.15) is 19.0 Å². The van der Waals surface area contributed by atoms with E-state index < -0.39 is 12.6 Å². The van der Waals surface area contributed by atoms with Crippen molar-refractivity contribution in [3.8, 4) is 5.75 Å². The summed E-state index contributed by atoms with van der Waals surface area (Å²) < 4.78 is 16.5. The Kier molecular flexibility index (Phi) is 6.35. The number of oxime groups is 1. The van der Waals surface area contributed by atoms with Crippen LogP contribution in [0.25, 0.3) is 0 Å². The van der Waals surface area contributed by atoms with Gasteiger partial charge in [0.25, 0.3) is 0 Å². The summed E-state index contributed by atoms with van der Waals surface area (Å²) in [6.07, 6.45) is 0.339. The number of methoxy groups -OCH3 is 1. The number of hydrogen-bond donors (Lipinski definition) is 1. The number of carbonyl (C=O) groups excluding carboxylic acids is 1. The normalized spacial score (nSPS) is 11.2. The van der Waals surface area contributed by atoms with Crippen LogP contribution < -0.4 is 0 Å². The highest BCUT2D eigenvalue weighted by molar-refractivity contribution is 5.99. The molecule has 0 amide bonds. The molecule has 0 atom stereocenters. The lowest BCUT2D eigenvalue weighted by atomic mass is 10.1. The standard InChI is InChI=1S/C13H16FNO4/c1-18-13(17)9-11(15-19-7-6-14)8-10-2-4-12(16)5-3-10/h2-5,16H,6-9H2,1H3. The van der Waals surface area contributed by atoms with Gasteiger partial charge in [-0.05, 0) is 17.7 Å². The van der Waals surface area contributed by atoms with Crippen molar-refractivity contribution in [2.45, 2.75) is 12.8 Å². The van der Waals surface area contributed by atoms with Gasteiger partial charge >= 0.3 is 5.97 Å². The smallest absolute Gasteiger partial charge is 0.311 e. The molecule has 0 heterocycles. The molecule has 1 N–H and O–H groups in total. The Balaban J connectivity index is 2.69. The number of benzene rings is 1. The highest BCUT2D eigenvalue weighted by Crippen LogP contribution is 2.11. The van der Waals surface area contributed by atoms with E-state index in [-0.39, 0.29) is 18.8 Å². The Bertz CT molecular complexity index is 431. The maximum Gasteiger partial charge on any atom is 0.311 e. The second kappa shape index (κ2) is 8.07. The summed E-state index contributed by atoms with van der Waals surface area (Å²) in [5.74, 6) is -0.287. The summed E-state index contributed by atoms with van der Waals surface area (Å²) in [7, 11) is 1.28. The van der Waals surface area contributed by atoms with E-state index in [9.17, 15) is 14.3 Å². The van der Waals surface area contributed by atoms with Crippen LogP contribution in [-0.4, -0.2) is 37.2 Å². The molecule has 0 aliphatic heterocycles. The number of halogens is 1. The van der Waals surface area contributed by atoms with Crippen molar-refractivity contribution >= 4 is 11.7 Å². The summed E-state index contributed by atoms with van der Waals surface area (Å²) >= 11 is 0. The quantitative estimate of drug-likeness (QED) is 0.355. The van der Waals surface area contributed by atoms with Crippen LogP contribution in [0.15, 0.2) is 29.4 Å². The van der Waals surface area contributed by atoms with Crippen molar-refractivity contribution in [1.82, 2.24) is 0 Å². The van der Waals surface area contributed by atoms with Crippen LogP contribution in [-0.2, 0) is 20.8 Å². The number of aromatic hydroxyl groups is 1. The molecular formula is C13H16FNO4. The van der Waals surface area contributed by atoms with E-state index in [1.165, 1.54) is 19.2 Å². The fraction of sp³-hybridized carbons (Fsp3) is 0.385. The van der Waals surface area contributed by atoms with Crippen molar-refractivity contribution < 1.29 is 23.9 Å². The first-order valence-corrected chi connectivity index (χ1v) is 5.74. The average Bonchev–Trinajstić information content (AvgIpc) is 2.41. The summed E-state index contributed by atoms with van der Waals surface area (Å²) in [6.45, 7) is -0.797. The molecule has 104 valence electrons. The molecule has 0 saturated carbocycles. The lowest BCUT2D eigenvalue weighted by Crippen LogP contribution is -2.13. The number of carbonyl (C=O) groups is 1. The molecule has 1 aromatic rings. The molecule has 0 aliphatic rings. The molecular weight excluding hydrogens is 253 g/mol. The van der Waals surface area contributed by atoms with Crippen molar-refractivity contribution in [2.24, 2.45) is 5.16 Å². The van der Waals surface area contributed by atoms with Gasteiger partial charge in [0.2, 0.25) is 0 Å². The first-order valence-electron chi connectivity index (χ1n) is 5.74. The highest BCUT2D eigenvalue weighted by Gasteiger charge is 2.10. The average molecular weight is 269 g/mol. The molecule has 6 heteroatoms. The van der Waals surface area contributed by atoms with E-state index in [2.05, 4.69) is 9.89 Å². The van der Waals surface area contributed by atoms with Gasteiger partial charge in [0.15, 0.2) is 0 Å². The molecule has 0 aliphatic carbocycles. The predicted molar refractivity (Wildman–Crippen MR) is 67.8 cm³/mol. The fourth-order valence-electron chi connectivity index (χ4n) is 1.39. The monoisotopic (exact) mass is 269 g/mol. The summed E-state index contributed by atoms with van der Waals surface area (Å²) in [4.78, 5) is 16.0. The number of ether oxygens (including phenoxy) is 1. The number of alkyl halides is 1. The minimum atomic E-state index is -0.645. The Morgan fingerprint density at radius 1 is 1.37 bits per heavy atom. The molecule has 0 bridgehead atoms. The Labute approximate surface area is 110 Å². The Hall–Kier alpha value is -2.11. The number of phenolic OH excluding ortho intramolecular Hbond substituents is 1. The minimum absolute atomic E-state index is 0.0241. The molecule has 19 heavy (non-hydrogen) atoms. The Morgan fingerprint density at radius 3 is 2.63 bits per heavy atom. The number of hydrogen-bond acceptors (Lipinski definition) is 5. The van der Waals surface area contributed by atoms with E-state index in [0.29, 0.717) is 12.1 Å². The van der Waals surface area contributed by atoms with Gasteiger partial charge in [-0.2, -0.15) is 0 Å². The topological polar surface area (TPSA) is 68.1 Å². The van der Waals surface area contributed by atoms with Gasteiger partial charge in [0.05, 0.1) is 19.2 Å². The molecule has 0 unspecified atom stereocenters. The molecule has 0 aromatic heterocycles. The second-order valence-corrected chi connectivity index (χ2v) is 3.78. The van der Waals surface area contributed by atoms with Gasteiger partial charge in [-0.3, -0.25) is 4.79 Å². The Morgan fingerprint density at radius 2 is 2.05 bits per heavy atom. The van der Waals surface area contributed by atoms with Gasteiger partial charge in [-0.25, -0.2) is 4.39 Å². The van der Waals surface area contributed by atoms with Crippen LogP contribution in [0.1, 0.15) is 12.0 Å². The van der Waals surface area contributed by atoms with Crippen LogP contribution in [0, 0.1) is 0 Å². The predicted octanol–water partition coefficient (Wildman–Crippen LogP) is 1.84. The molecule has 5 nitrogen and oxygen atoms in total. The van der Waals surface area contributed by atoms with E-state index in [4.69, 9.17) is 4.84 Å². The van der Waals surface area contributed by atoms with E-state index in [1.54, 1.807) is 12.1 Å². The molecule has 0 fully saturated rings. The van der Waals surface area contributed by atoms with E-state index in [1.807, 2.05) is 0 Å². The first kappa shape index (κ1) is 14.9. The molecule has 0 radical (unpaired) electrons. The fourth-order valence-corrected chi connectivity index (χ4v) is 1.39. The summed E-state index contributed by atoms with van der Waals surface area (Å²) in [5.41, 5.74) is 1.29. The third kappa shape index (κ3) is 5.85. The third-order valence-corrected chi connectivity index (χ3v) is 2.28. The van der Waals surface area contributed by atoms with Crippen LogP contribution in [0.2, 0.25) is 0 Å². The van der Waals surface area contributed by atoms with Gasteiger partial charge in [-0.1, -0.05) is 17.3 Å². The van der Waals surface area contributed by atoms with Crippen molar-refractivity contribution in [2.75, 3.05) is 20.4 Å². The lowest BCUT2D eigenvalue weighted by Gasteiger charge is -2.06. The zero-order valence-corrected chi connectivity index (χ0v) is 10.6. The van der Waals surface area contributed by atoms with E-state index >= 15 is 0 Å². The first-order chi connectivity index (χ1) is 9.15. The zero-order chi connectivity index (χ0) is 14.1. The minimum Gasteiger partial charge on any atom is -0.508 e. The van der Waals surface area contributed by atoms with Crippen LogP contribution >= 0.6 is 0 Å². The van der Waals surface area contributed by atoms with Gasteiger partial charge in [0, 0.05) is 6.42 Å². The number of esters is 1. The van der Waals surface area contributed by atoms with Gasteiger partial charge in [-0.15, -0.1) is 0 Å². The summed E-state index contributed by atoms with van der Waals surface area (Å²) in [6, 6.07) is 6.48. The molecule has 0 spiro atoms. The van der Waals surface area contributed by atoms with Crippen LogP contribution in [0.3, 0.4) is 0 Å². The number of nitrogens with zero attached hydrogens (tertiary/aromatic N) is 1. The van der Waals surface area contributed by atoms with Crippen LogP contribution in [0.5, 0.6) is 5.75 Å². The SMILES string of the molecule is COC(=O)CC(Cc1ccc(O)cc1)=NOCCF. The molecule has 1 rings (SSSR count). The second-order valence-electron chi connectivity index (χ2n) is 3.78. The number of phenols is 1. The zero-order valence-electron chi connectivity index (χ0n) is 10.6. The molecule has 0 saturated heterocycles. The lowest BCUT2D eigenvalue weighted by molar-refractivity contribution is -0.139. The van der Waals surface area contributed by atoms with Crippen molar-refractivity contribution in [3.63, 3.8) is 0 Å². The maximum atomic E-state index is 11.9. The largest absolute Gasteiger partial charge is 0.508 e. The van der Waals surface area contributed by atoms with Gasteiger partial charge < -0.3 is 14.7 Å². The van der Waals surface area contributed by atoms with Crippen molar-refractivity contribution in [3.05, 3.63) is 29.8 Å².